The number of hydrogen-bond acceptors (Lipinski definition) is 5. The lowest BCUT2D eigenvalue weighted by Gasteiger charge is -2.42. The molecule has 1 unspecified atom stereocenters. The van der Waals surface area contributed by atoms with Crippen LogP contribution in [0.3, 0.4) is 0 Å². The maximum atomic E-state index is 12.3. The van der Waals surface area contributed by atoms with E-state index in [1.807, 2.05) is 18.8 Å². The van der Waals surface area contributed by atoms with Crippen molar-refractivity contribution >= 4 is 17.7 Å². The summed E-state index contributed by atoms with van der Waals surface area (Å²) in [7, 11) is 2.00. The van der Waals surface area contributed by atoms with Gasteiger partial charge in [0.15, 0.2) is 5.96 Å². The van der Waals surface area contributed by atoms with E-state index < -0.39 is 6.61 Å². The molecule has 0 spiro atoms. The fraction of sp³-hybridized carbons (Fsp3) is 0.667. The van der Waals surface area contributed by atoms with Gasteiger partial charge in [0.05, 0.1) is 25.3 Å². The molecule has 30 heavy (non-hydrogen) atoms. The van der Waals surface area contributed by atoms with Gasteiger partial charge in [0.2, 0.25) is 0 Å². The number of alkyl halides is 2. The van der Waals surface area contributed by atoms with Crippen LogP contribution in [0.25, 0.3) is 0 Å². The molecule has 1 aromatic rings. The SMILES string of the molecule is CCNC(=NCC1(N2CCOCC2)CCSC1)N(C)Cc1ccc(OC(F)F)cc1. The van der Waals surface area contributed by atoms with Crippen LogP contribution in [0.1, 0.15) is 18.9 Å². The molecule has 0 radical (unpaired) electrons. The summed E-state index contributed by atoms with van der Waals surface area (Å²) in [6.45, 7) is 4.94. The Morgan fingerprint density at radius 2 is 2.07 bits per heavy atom. The van der Waals surface area contributed by atoms with Gasteiger partial charge in [0.25, 0.3) is 0 Å². The van der Waals surface area contributed by atoms with Crippen molar-refractivity contribution in [1.29, 1.82) is 0 Å². The molecule has 168 valence electrons. The number of aliphatic imine (C=N–C) groups is 1. The minimum Gasteiger partial charge on any atom is -0.435 e. The van der Waals surface area contributed by atoms with E-state index in [4.69, 9.17) is 9.73 Å². The van der Waals surface area contributed by atoms with Crippen molar-refractivity contribution in [2.24, 2.45) is 4.99 Å². The van der Waals surface area contributed by atoms with E-state index >= 15 is 0 Å². The van der Waals surface area contributed by atoms with Crippen LogP contribution in [0.15, 0.2) is 29.3 Å². The van der Waals surface area contributed by atoms with Crippen molar-refractivity contribution in [1.82, 2.24) is 15.1 Å². The molecular weight excluding hydrogens is 410 g/mol. The highest BCUT2D eigenvalue weighted by molar-refractivity contribution is 7.99. The molecule has 2 saturated heterocycles. The van der Waals surface area contributed by atoms with Crippen LogP contribution < -0.4 is 10.1 Å². The molecule has 6 nitrogen and oxygen atoms in total. The summed E-state index contributed by atoms with van der Waals surface area (Å²) >= 11 is 2.01. The highest BCUT2D eigenvalue weighted by Gasteiger charge is 2.40. The van der Waals surface area contributed by atoms with Crippen molar-refractivity contribution < 1.29 is 18.3 Å². The molecule has 2 fully saturated rings. The maximum absolute atomic E-state index is 12.3. The molecule has 2 aliphatic heterocycles. The third-order valence-electron chi connectivity index (χ3n) is 5.55. The molecule has 9 heteroatoms. The third-order valence-corrected chi connectivity index (χ3v) is 6.79. The van der Waals surface area contributed by atoms with Crippen molar-refractivity contribution in [3.63, 3.8) is 0 Å². The summed E-state index contributed by atoms with van der Waals surface area (Å²) in [4.78, 5) is 9.64. The van der Waals surface area contributed by atoms with E-state index in [-0.39, 0.29) is 11.3 Å². The first kappa shape index (κ1) is 23.1. The molecule has 0 saturated carbocycles. The Balaban J connectivity index is 1.66. The fourth-order valence-electron chi connectivity index (χ4n) is 3.93. The second-order valence-electron chi connectivity index (χ2n) is 7.68. The standard InChI is InChI=1S/C21H32F2N4O2S/c1-3-24-20(26(2)14-17-4-6-18(7-5-17)29-19(22)23)25-15-21(8-13-30-16-21)27-9-11-28-12-10-27/h4-7,19H,3,8-16H2,1-2H3,(H,24,25). The van der Waals surface area contributed by atoms with Crippen LogP contribution in [-0.4, -0.2) is 85.9 Å². The van der Waals surface area contributed by atoms with Gasteiger partial charge in [-0.2, -0.15) is 20.5 Å². The summed E-state index contributed by atoms with van der Waals surface area (Å²) in [6.07, 6.45) is 1.15. The molecule has 3 rings (SSSR count). The van der Waals surface area contributed by atoms with Gasteiger partial charge in [-0.05, 0) is 36.8 Å². The van der Waals surface area contributed by atoms with Crippen molar-refractivity contribution in [3.8, 4) is 5.75 Å². The second-order valence-corrected chi connectivity index (χ2v) is 8.78. The minimum absolute atomic E-state index is 0.101. The number of hydrogen-bond donors (Lipinski definition) is 1. The zero-order valence-electron chi connectivity index (χ0n) is 17.8. The van der Waals surface area contributed by atoms with Gasteiger partial charge in [-0.15, -0.1) is 0 Å². The van der Waals surface area contributed by atoms with Crippen molar-refractivity contribution in [2.75, 3.05) is 57.9 Å². The van der Waals surface area contributed by atoms with Crippen LogP contribution in [-0.2, 0) is 11.3 Å². The normalized spacial score (nSPS) is 23.0. The number of halogens is 2. The van der Waals surface area contributed by atoms with Gasteiger partial charge < -0.3 is 19.7 Å². The van der Waals surface area contributed by atoms with Crippen molar-refractivity contribution in [2.45, 2.75) is 32.0 Å². The van der Waals surface area contributed by atoms with Crippen LogP contribution in [0.2, 0.25) is 0 Å². The fourth-order valence-corrected chi connectivity index (χ4v) is 5.39. The Hall–Kier alpha value is -1.58. The van der Waals surface area contributed by atoms with Crippen molar-refractivity contribution in [3.05, 3.63) is 29.8 Å². The van der Waals surface area contributed by atoms with Crippen LogP contribution >= 0.6 is 11.8 Å². The van der Waals surface area contributed by atoms with Gasteiger partial charge in [0, 0.05) is 39.0 Å². The topological polar surface area (TPSA) is 49.3 Å². The first-order chi connectivity index (χ1) is 14.5. The lowest BCUT2D eigenvalue weighted by molar-refractivity contribution is -0.0498. The average molecular weight is 443 g/mol. The Labute approximate surface area is 182 Å². The predicted molar refractivity (Wildman–Crippen MR) is 118 cm³/mol. The lowest BCUT2D eigenvalue weighted by Crippen LogP contribution is -2.56. The lowest BCUT2D eigenvalue weighted by atomic mass is 9.96. The van der Waals surface area contributed by atoms with Crippen LogP contribution in [0, 0.1) is 0 Å². The number of morpholine rings is 1. The van der Waals surface area contributed by atoms with Crippen LogP contribution in [0.5, 0.6) is 5.75 Å². The van der Waals surface area contributed by atoms with E-state index in [1.54, 1.807) is 24.3 Å². The Morgan fingerprint density at radius 3 is 2.67 bits per heavy atom. The number of nitrogens with one attached hydrogen (secondary N) is 1. The van der Waals surface area contributed by atoms with Gasteiger partial charge in [-0.1, -0.05) is 12.1 Å². The highest BCUT2D eigenvalue weighted by atomic mass is 32.2. The summed E-state index contributed by atoms with van der Waals surface area (Å²) in [5, 5.41) is 3.39. The second kappa shape index (κ2) is 11.2. The first-order valence-electron chi connectivity index (χ1n) is 10.5. The number of thioether (sulfide) groups is 1. The Bertz CT molecular complexity index is 678. The Morgan fingerprint density at radius 1 is 1.33 bits per heavy atom. The molecule has 1 aromatic carbocycles. The van der Waals surface area contributed by atoms with E-state index in [2.05, 4.69) is 26.8 Å². The van der Waals surface area contributed by atoms with E-state index in [9.17, 15) is 8.78 Å². The monoisotopic (exact) mass is 442 g/mol. The van der Waals surface area contributed by atoms with Gasteiger partial charge >= 0.3 is 6.61 Å². The molecule has 2 aliphatic rings. The molecule has 0 amide bonds. The minimum atomic E-state index is -2.81. The van der Waals surface area contributed by atoms with Gasteiger partial charge in [0.1, 0.15) is 5.75 Å². The van der Waals surface area contributed by atoms with Crippen LogP contribution in [0.4, 0.5) is 8.78 Å². The zero-order valence-corrected chi connectivity index (χ0v) is 18.6. The first-order valence-corrected chi connectivity index (χ1v) is 11.6. The number of benzene rings is 1. The summed E-state index contributed by atoms with van der Waals surface area (Å²) in [5.41, 5.74) is 1.11. The van der Waals surface area contributed by atoms with Gasteiger partial charge in [-0.3, -0.25) is 9.89 Å². The predicted octanol–water partition coefficient (Wildman–Crippen LogP) is 2.89. The maximum Gasteiger partial charge on any atom is 0.387 e. The number of nitrogens with zero attached hydrogens (tertiary/aromatic N) is 3. The quantitative estimate of drug-likeness (QED) is 0.494. The average Bonchev–Trinajstić information content (AvgIpc) is 3.23. The number of rotatable bonds is 8. The molecular formula is C21H32F2N4O2S. The van der Waals surface area contributed by atoms with E-state index in [0.29, 0.717) is 6.54 Å². The number of ether oxygens (including phenoxy) is 2. The summed E-state index contributed by atoms with van der Waals surface area (Å²) < 4.78 is 34.6. The van der Waals surface area contributed by atoms with Gasteiger partial charge in [-0.25, -0.2) is 0 Å². The molecule has 0 aliphatic carbocycles. The molecule has 1 atom stereocenters. The molecule has 1 N–H and O–H groups in total. The summed E-state index contributed by atoms with van der Waals surface area (Å²) in [5.74, 6) is 3.30. The largest absolute Gasteiger partial charge is 0.435 e. The smallest absolute Gasteiger partial charge is 0.387 e. The molecule has 2 heterocycles. The van der Waals surface area contributed by atoms with E-state index in [0.717, 1.165) is 63.1 Å². The number of guanidine groups is 1. The highest BCUT2D eigenvalue weighted by Crippen LogP contribution is 2.34. The third kappa shape index (κ3) is 6.21. The Kier molecular flexibility index (Phi) is 8.59. The zero-order chi connectivity index (χ0) is 21.4. The van der Waals surface area contributed by atoms with E-state index in [1.165, 1.54) is 5.75 Å². The summed E-state index contributed by atoms with van der Waals surface area (Å²) in [6, 6.07) is 6.76. The molecule has 0 aromatic heterocycles. The molecule has 0 bridgehead atoms.